The summed E-state index contributed by atoms with van der Waals surface area (Å²) in [5.41, 5.74) is 0. The van der Waals surface area contributed by atoms with Crippen molar-refractivity contribution < 1.29 is 17.6 Å². The van der Waals surface area contributed by atoms with Crippen molar-refractivity contribution in [2.75, 3.05) is 0 Å². The molecule has 0 rings (SSSR count). The van der Waals surface area contributed by atoms with Crippen LogP contribution in [0.3, 0.4) is 0 Å². The lowest BCUT2D eigenvalue weighted by Gasteiger charge is -2.01. The third-order valence-corrected chi connectivity index (χ3v) is 1.36. The summed E-state index contributed by atoms with van der Waals surface area (Å²) in [5, 5.41) is 0. The number of hydrogen-bond donors (Lipinski definition) is 0. The molecule has 0 aliphatic carbocycles. The molecule has 0 aliphatic heterocycles. The van der Waals surface area contributed by atoms with Gasteiger partial charge in [-0.15, -0.1) is 0 Å². The summed E-state index contributed by atoms with van der Waals surface area (Å²) in [5.74, 6) is -2.02. The Kier molecular flexibility index (Phi) is 3.69. The maximum atomic E-state index is 11.8. The molecule has 9 heavy (non-hydrogen) atoms. The normalized spacial score (nSPS) is 11.3. The largest absolute Gasteiger partial charge is 0.444 e. The van der Waals surface area contributed by atoms with Crippen molar-refractivity contribution in [1.29, 1.82) is 0 Å². The second kappa shape index (κ2) is 3.35. The van der Waals surface area contributed by atoms with Crippen LogP contribution in [0.1, 0.15) is 0 Å². The van der Waals surface area contributed by atoms with Crippen LogP contribution in [0.25, 0.3) is 0 Å². The fraction of sp³-hybridized carbons (Fsp3) is 0.333. The highest BCUT2D eigenvalue weighted by molar-refractivity contribution is 14.2. The molecule has 54 valence electrons. The van der Waals surface area contributed by atoms with Gasteiger partial charge in [0.05, 0.1) is 1.59 Å². The molecule has 0 heterocycles. The van der Waals surface area contributed by atoms with E-state index in [1.54, 1.807) is 0 Å². The Hall–Kier alpha value is 0.920. The Morgan fingerprint density at radius 3 is 1.44 bits per heavy atom. The third-order valence-electron chi connectivity index (χ3n) is 0.415. The van der Waals surface area contributed by atoms with Crippen molar-refractivity contribution in [3.05, 3.63) is 7.41 Å². The zero-order valence-corrected chi connectivity index (χ0v) is 8.08. The number of hydrogen-bond acceptors (Lipinski definition) is 0. The Labute approximate surface area is 76.0 Å². The average molecular weight is 366 g/mol. The first-order chi connectivity index (χ1) is 3.85. The Bertz CT molecular complexity index is 131. The third kappa shape index (κ3) is 3.58. The molecule has 0 amide bonds. The Morgan fingerprint density at radius 1 is 1.11 bits per heavy atom. The van der Waals surface area contributed by atoms with Crippen LogP contribution in [0, 0.1) is 0 Å². The molecule has 0 bridgehead atoms. The summed E-state index contributed by atoms with van der Waals surface area (Å²) in [4.78, 5) is 0. The van der Waals surface area contributed by atoms with E-state index in [4.69, 9.17) is 0 Å². The van der Waals surface area contributed by atoms with Crippen LogP contribution in [-0.2, 0) is 0 Å². The highest BCUT2D eigenvalue weighted by Crippen LogP contribution is 2.34. The molecule has 0 aliphatic rings. The lowest BCUT2D eigenvalue weighted by molar-refractivity contribution is -0.108. The van der Waals surface area contributed by atoms with E-state index in [1.807, 2.05) is 0 Å². The highest BCUT2D eigenvalue weighted by atomic mass is 127. The van der Waals surface area contributed by atoms with Gasteiger partial charge in [0.1, 0.15) is 0 Å². The highest BCUT2D eigenvalue weighted by Gasteiger charge is 2.36. The van der Waals surface area contributed by atoms with Crippen molar-refractivity contribution in [2.45, 2.75) is 6.18 Å². The number of alkyl halides is 3. The lowest BCUT2D eigenvalue weighted by Crippen LogP contribution is -2.07. The smallest absolute Gasteiger partial charge is 0.200 e. The van der Waals surface area contributed by atoms with E-state index in [0.29, 0.717) is 0 Å². The SMILES string of the molecule is FC(=C(I)I)C(F)(F)F. The van der Waals surface area contributed by atoms with Gasteiger partial charge in [-0.3, -0.25) is 0 Å². The molecule has 0 fully saturated rings. The topological polar surface area (TPSA) is 0 Å². The van der Waals surface area contributed by atoms with Gasteiger partial charge in [-0.2, -0.15) is 13.2 Å². The van der Waals surface area contributed by atoms with Gasteiger partial charge < -0.3 is 0 Å². The maximum Gasteiger partial charge on any atom is 0.444 e. The summed E-state index contributed by atoms with van der Waals surface area (Å²) in [6.07, 6.45) is -4.82. The predicted molar refractivity (Wildman–Crippen MR) is 42.2 cm³/mol. The number of rotatable bonds is 0. The zero-order chi connectivity index (χ0) is 7.65. The molecule has 0 N–H and O–H groups in total. The van der Waals surface area contributed by atoms with E-state index in [9.17, 15) is 17.6 Å². The molecule has 0 aromatic heterocycles. The van der Waals surface area contributed by atoms with E-state index >= 15 is 0 Å². The first kappa shape index (κ1) is 9.92. The summed E-state index contributed by atoms with van der Waals surface area (Å²) < 4.78 is 45.1. The molecule has 0 aromatic carbocycles. The molecule has 0 radical (unpaired) electrons. The number of halogens is 6. The molecule has 0 unspecified atom stereocenters. The summed E-state index contributed by atoms with van der Waals surface area (Å²) >= 11 is 2.53. The zero-order valence-electron chi connectivity index (χ0n) is 3.77. The molecule has 0 saturated carbocycles. The Morgan fingerprint density at radius 2 is 1.44 bits per heavy atom. The van der Waals surface area contributed by atoms with Crippen LogP contribution in [0.15, 0.2) is 7.41 Å². The number of allylic oxidation sites excluding steroid dienone is 1. The quantitative estimate of drug-likeness (QED) is 0.455. The maximum absolute atomic E-state index is 11.8. The van der Waals surface area contributed by atoms with E-state index in [1.165, 1.54) is 45.2 Å². The van der Waals surface area contributed by atoms with Crippen LogP contribution in [0.2, 0.25) is 0 Å². The predicted octanol–water partition coefficient (Wildman–Crippen LogP) is 3.56. The van der Waals surface area contributed by atoms with Crippen LogP contribution in [-0.4, -0.2) is 6.18 Å². The van der Waals surface area contributed by atoms with E-state index in [2.05, 4.69) is 0 Å². The van der Waals surface area contributed by atoms with Crippen molar-refractivity contribution in [3.63, 3.8) is 0 Å². The van der Waals surface area contributed by atoms with Crippen molar-refractivity contribution in [3.8, 4) is 0 Å². The molecular weight excluding hydrogens is 366 g/mol. The second-order valence-corrected chi connectivity index (χ2v) is 5.29. The molecule has 0 saturated heterocycles. The van der Waals surface area contributed by atoms with Gasteiger partial charge in [-0.1, -0.05) is 0 Å². The molecule has 6 heteroatoms. The van der Waals surface area contributed by atoms with Gasteiger partial charge in [-0.25, -0.2) is 4.39 Å². The molecule has 0 aromatic rings. The lowest BCUT2D eigenvalue weighted by atomic mass is 10.6. The van der Waals surface area contributed by atoms with Gasteiger partial charge in [0.2, 0.25) is 5.83 Å². The monoisotopic (exact) mass is 366 g/mol. The van der Waals surface area contributed by atoms with Crippen LogP contribution in [0.4, 0.5) is 17.6 Å². The average Bonchev–Trinajstić information content (AvgIpc) is 1.62. The fourth-order valence-corrected chi connectivity index (χ4v) is 0.719. The standard InChI is InChI=1S/C3F4I2/c4-1(2(8)9)3(5,6)7. The van der Waals surface area contributed by atoms with Crippen molar-refractivity contribution in [2.24, 2.45) is 0 Å². The van der Waals surface area contributed by atoms with Crippen molar-refractivity contribution >= 4 is 45.2 Å². The van der Waals surface area contributed by atoms with Gasteiger partial charge in [0, 0.05) is 0 Å². The van der Waals surface area contributed by atoms with Crippen molar-refractivity contribution in [1.82, 2.24) is 0 Å². The summed E-state index contributed by atoms with van der Waals surface area (Å²) in [7, 11) is 0. The van der Waals surface area contributed by atoms with Crippen LogP contribution < -0.4 is 0 Å². The van der Waals surface area contributed by atoms with Gasteiger partial charge in [-0.05, 0) is 45.2 Å². The molecule has 0 nitrogen and oxygen atoms in total. The van der Waals surface area contributed by atoms with Gasteiger partial charge >= 0.3 is 6.18 Å². The van der Waals surface area contributed by atoms with E-state index in [-0.39, 0.29) is 0 Å². The van der Waals surface area contributed by atoms with E-state index in [0.717, 1.165) is 0 Å². The molecule has 0 spiro atoms. The van der Waals surface area contributed by atoms with Crippen LogP contribution in [0.5, 0.6) is 0 Å². The fourth-order valence-electron chi connectivity index (χ4n) is 0.107. The first-order valence-electron chi connectivity index (χ1n) is 1.63. The van der Waals surface area contributed by atoms with Gasteiger partial charge in [0.25, 0.3) is 0 Å². The van der Waals surface area contributed by atoms with Crippen LogP contribution >= 0.6 is 45.2 Å². The second-order valence-electron chi connectivity index (χ2n) is 1.07. The molecule has 0 atom stereocenters. The summed E-state index contributed by atoms with van der Waals surface area (Å²) in [6.45, 7) is 0. The minimum atomic E-state index is -4.82. The molecular formula is C3F4I2. The Balaban J connectivity index is 4.40. The van der Waals surface area contributed by atoms with E-state index < -0.39 is 13.6 Å². The summed E-state index contributed by atoms with van der Waals surface area (Å²) in [6, 6.07) is 0. The minimum absolute atomic E-state index is 0.405. The van der Waals surface area contributed by atoms with Gasteiger partial charge in [0.15, 0.2) is 0 Å². The minimum Gasteiger partial charge on any atom is -0.200 e. The first-order valence-corrected chi connectivity index (χ1v) is 3.79.